The average molecular weight is 285 g/mol. The highest BCUT2D eigenvalue weighted by molar-refractivity contribution is 9.10. The Balaban J connectivity index is 1.89. The second-order valence-corrected chi connectivity index (χ2v) is 4.68. The third-order valence-corrected chi connectivity index (χ3v) is 3.19. The van der Waals surface area contributed by atoms with E-state index in [0.717, 1.165) is 12.8 Å². The Labute approximate surface area is 103 Å². The van der Waals surface area contributed by atoms with Crippen molar-refractivity contribution in [2.24, 2.45) is 0 Å². The van der Waals surface area contributed by atoms with Crippen LogP contribution in [0.5, 0.6) is 0 Å². The molecule has 1 saturated carbocycles. The Morgan fingerprint density at radius 2 is 2.38 bits per heavy atom. The van der Waals surface area contributed by atoms with Crippen molar-refractivity contribution in [3.05, 3.63) is 28.5 Å². The molecule has 5 heteroatoms. The number of carbonyl (C=O) groups excluding carboxylic acids is 1. The topological polar surface area (TPSA) is 51.2 Å². The van der Waals surface area contributed by atoms with E-state index >= 15 is 0 Å². The predicted octanol–water partition coefficient (Wildman–Crippen LogP) is 1.75. The highest BCUT2D eigenvalue weighted by Gasteiger charge is 2.30. The number of halogens is 1. The van der Waals surface area contributed by atoms with Crippen LogP contribution in [0, 0.1) is 0 Å². The monoisotopic (exact) mass is 284 g/mol. The van der Waals surface area contributed by atoms with Gasteiger partial charge in [-0.15, -0.1) is 0 Å². The van der Waals surface area contributed by atoms with Crippen LogP contribution in [0.15, 0.2) is 22.9 Å². The number of hydrogen-bond donors (Lipinski definition) is 1. The molecule has 1 aliphatic rings. The Kier molecular flexibility index (Phi) is 3.56. The molecule has 1 N–H and O–H groups in total. The largest absolute Gasteiger partial charge is 0.381 e. The number of amides is 1. The minimum absolute atomic E-state index is 0.0531. The molecule has 86 valence electrons. The zero-order chi connectivity index (χ0) is 11.5. The van der Waals surface area contributed by atoms with Gasteiger partial charge in [-0.2, -0.15) is 0 Å². The minimum Gasteiger partial charge on any atom is -0.381 e. The van der Waals surface area contributed by atoms with Crippen LogP contribution < -0.4 is 5.32 Å². The molecule has 4 nitrogen and oxygen atoms in total. The van der Waals surface area contributed by atoms with E-state index in [-0.39, 0.29) is 11.9 Å². The standard InChI is InChI=1S/C11H13BrN2O2/c1-16-9-5-8(6-9)14-11(15)7-2-3-13-10(12)4-7/h2-4,8-9H,5-6H2,1H3,(H,14,15). The fourth-order valence-electron chi connectivity index (χ4n) is 1.69. The molecule has 16 heavy (non-hydrogen) atoms. The van der Waals surface area contributed by atoms with Crippen molar-refractivity contribution in [2.45, 2.75) is 25.0 Å². The van der Waals surface area contributed by atoms with Gasteiger partial charge in [-0.05, 0) is 40.9 Å². The Bertz CT molecular complexity index is 391. The van der Waals surface area contributed by atoms with Crippen molar-refractivity contribution in [1.29, 1.82) is 0 Å². The van der Waals surface area contributed by atoms with Crippen molar-refractivity contribution in [3.8, 4) is 0 Å². The van der Waals surface area contributed by atoms with E-state index in [4.69, 9.17) is 4.74 Å². The van der Waals surface area contributed by atoms with Crippen LogP contribution >= 0.6 is 15.9 Å². The smallest absolute Gasteiger partial charge is 0.251 e. The highest BCUT2D eigenvalue weighted by atomic mass is 79.9. The second kappa shape index (κ2) is 4.93. The number of ether oxygens (including phenoxy) is 1. The van der Waals surface area contributed by atoms with E-state index in [2.05, 4.69) is 26.2 Å². The van der Waals surface area contributed by atoms with Crippen LogP contribution in [0.3, 0.4) is 0 Å². The lowest BCUT2D eigenvalue weighted by molar-refractivity contribution is 0.0176. The molecular formula is C11H13BrN2O2. The van der Waals surface area contributed by atoms with Crippen LogP contribution in [-0.2, 0) is 4.74 Å². The van der Waals surface area contributed by atoms with Gasteiger partial charge in [0, 0.05) is 24.9 Å². The third-order valence-electron chi connectivity index (χ3n) is 2.75. The quantitative estimate of drug-likeness (QED) is 0.861. The summed E-state index contributed by atoms with van der Waals surface area (Å²) in [6, 6.07) is 3.65. The molecular weight excluding hydrogens is 272 g/mol. The fraction of sp³-hybridized carbons (Fsp3) is 0.455. The Morgan fingerprint density at radius 1 is 1.62 bits per heavy atom. The summed E-state index contributed by atoms with van der Waals surface area (Å²) in [6.45, 7) is 0. The number of rotatable bonds is 3. The van der Waals surface area contributed by atoms with Gasteiger partial charge in [0.15, 0.2) is 0 Å². The van der Waals surface area contributed by atoms with E-state index < -0.39 is 0 Å². The zero-order valence-electron chi connectivity index (χ0n) is 8.94. The number of nitrogens with zero attached hydrogens (tertiary/aromatic N) is 1. The first-order valence-electron chi connectivity index (χ1n) is 5.14. The van der Waals surface area contributed by atoms with Gasteiger partial charge in [0.2, 0.25) is 0 Å². The van der Waals surface area contributed by atoms with Crippen LogP contribution in [-0.4, -0.2) is 30.1 Å². The molecule has 0 aromatic carbocycles. The van der Waals surface area contributed by atoms with Crippen molar-refractivity contribution >= 4 is 21.8 Å². The van der Waals surface area contributed by atoms with Gasteiger partial charge < -0.3 is 10.1 Å². The maximum absolute atomic E-state index is 11.8. The van der Waals surface area contributed by atoms with Gasteiger partial charge in [0.25, 0.3) is 5.91 Å². The first-order valence-corrected chi connectivity index (χ1v) is 5.93. The summed E-state index contributed by atoms with van der Waals surface area (Å²) < 4.78 is 5.82. The van der Waals surface area contributed by atoms with Crippen LogP contribution in [0.4, 0.5) is 0 Å². The summed E-state index contributed by atoms with van der Waals surface area (Å²) in [7, 11) is 1.70. The first-order chi connectivity index (χ1) is 7.69. The lowest BCUT2D eigenvalue weighted by atomic mass is 9.89. The minimum atomic E-state index is -0.0531. The van der Waals surface area contributed by atoms with Gasteiger partial charge in [0.1, 0.15) is 4.60 Å². The SMILES string of the molecule is COC1CC(NC(=O)c2ccnc(Br)c2)C1. The van der Waals surface area contributed by atoms with E-state index in [1.807, 2.05) is 0 Å². The third kappa shape index (κ3) is 2.59. The number of aromatic nitrogens is 1. The number of pyridine rings is 1. The van der Waals surface area contributed by atoms with E-state index in [1.54, 1.807) is 25.4 Å². The van der Waals surface area contributed by atoms with Gasteiger partial charge in [-0.25, -0.2) is 4.98 Å². The van der Waals surface area contributed by atoms with E-state index in [9.17, 15) is 4.79 Å². The number of hydrogen-bond acceptors (Lipinski definition) is 3. The number of nitrogens with one attached hydrogen (secondary N) is 1. The summed E-state index contributed by atoms with van der Waals surface area (Å²) >= 11 is 3.24. The maximum Gasteiger partial charge on any atom is 0.251 e. The lowest BCUT2D eigenvalue weighted by Gasteiger charge is -2.34. The summed E-state index contributed by atoms with van der Waals surface area (Å²) in [5.41, 5.74) is 0.628. The predicted molar refractivity (Wildman–Crippen MR) is 63.2 cm³/mol. The molecule has 0 saturated heterocycles. The highest BCUT2D eigenvalue weighted by Crippen LogP contribution is 2.22. The summed E-state index contributed by atoms with van der Waals surface area (Å²) in [5, 5.41) is 2.96. The molecule has 0 atom stereocenters. The fourth-order valence-corrected chi connectivity index (χ4v) is 2.05. The average Bonchev–Trinajstić information content (AvgIpc) is 2.22. The van der Waals surface area contributed by atoms with Crippen molar-refractivity contribution in [1.82, 2.24) is 10.3 Å². The molecule has 0 aliphatic heterocycles. The Hall–Kier alpha value is -0.940. The molecule has 1 fully saturated rings. The molecule has 1 amide bonds. The molecule has 1 aromatic rings. The van der Waals surface area contributed by atoms with Gasteiger partial charge >= 0.3 is 0 Å². The molecule has 0 bridgehead atoms. The van der Waals surface area contributed by atoms with Crippen molar-refractivity contribution < 1.29 is 9.53 Å². The summed E-state index contributed by atoms with van der Waals surface area (Å²) in [5.74, 6) is -0.0531. The molecule has 1 heterocycles. The normalized spacial score (nSPS) is 23.6. The summed E-state index contributed by atoms with van der Waals surface area (Å²) in [6.07, 6.45) is 3.70. The lowest BCUT2D eigenvalue weighted by Crippen LogP contribution is -2.47. The molecule has 0 spiro atoms. The summed E-state index contributed by atoms with van der Waals surface area (Å²) in [4.78, 5) is 15.8. The van der Waals surface area contributed by atoms with Crippen LogP contribution in [0.1, 0.15) is 23.2 Å². The molecule has 1 aliphatic carbocycles. The molecule has 1 aromatic heterocycles. The van der Waals surface area contributed by atoms with Crippen LogP contribution in [0.25, 0.3) is 0 Å². The molecule has 2 rings (SSSR count). The van der Waals surface area contributed by atoms with Crippen molar-refractivity contribution in [2.75, 3.05) is 7.11 Å². The molecule has 0 unspecified atom stereocenters. The maximum atomic E-state index is 11.8. The Morgan fingerprint density at radius 3 is 3.00 bits per heavy atom. The van der Waals surface area contributed by atoms with Gasteiger partial charge in [-0.3, -0.25) is 4.79 Å². The second-order valence-electron chi connectivity index (χ2n) is 3.87. The van der Waals surface area contributed by atoms with Crippen molar-refractivity contribution in [3.63, 3.8) is 0 Å². The van der Waals surface area contributed by atoms with E-state index in [0.29, 0.717) is 16.3 Å². The number of methoxy groups -OCH3 is 1. The number of carbonyl (C=O) groups is 1. The van der Waals surface area contributed by atoms with E-state index in [1.165, 1.54) is 0 Å². The van der Waals surface area contributed by atoms with Crippen LogP contribution in [0.2, 0.25) is 0 Å². The zero-order valence-corrected chi connectivity index (χ0v) is 10.5. The van der Waals surface area contributed by atoms with Gasteiger partial charge in [0.05, 0.1) is 6.10 Å². The van der Waals surface area contributed by atoms with Gasteiger partial charge in [-0.1, -0.05) is 0 Å². The molecule has 0 radical (unpaired) electrons. The first kappa shape index (κ1) is 11.5.